The van der Waals surface area contributed by atoms with Crippen LogP contribution in [0.3, 0.4) is 0 Å². The van der Waals surface area contributed by atoms with E-state index in [0.717, 1.165) is 16.9 Å². The maximum absolute atomic E-state index is 6.08. The maximum atomic E-state index is 6.08. The lowest BCUT2D eigenvalue weighted by molar-refractivity contribution is 0.757. The minimum Gasteiger partial charge on any atom is -0.279 e. The number of aryl methyl sites for hydroxylation is 2. The van der Waals surface area contributed by atoms with Crippen LogP contribution < -0.4 is 5.43 Å². The molecule has 0 aliphatic rings. The topological polar surface area (TPSA) is 42.2 Å². The van der Waals surface area contributed by atoms with Gasteiger partial charge in [0, 0.05) is 7.05 Å². The summed E-state index contributed by atoms with van der Waals surface area (Å²) in [4.78, 5) is 0. The molecule has 2 aromatic rings. The lowest BCUT2D eigenvalue weighted by atomic mass is 10.3. The number of hydrogen-bond donors (Lipinski definition) is 1. The van der Waals surface area contributed by atoms with Gasteiger partial charge in [-0.2, -0.15) is 10.2 Å². The summed E-state index contributed by atoms with van der Waals surface area (Å²) in [5.74, 6) is 0. The molecule has 0 atom stereocenters. The number of halogens is 1. The highest BCUT2D eigenvalue weighted by Gasteiger charge is 2.08. The lowest BCUT2D eigenvalue weighted by Gasteiger charge is -1.98. The molecular weight excluding hydrogens is 236 g/mol. The number of rotatable bonds is 3. The van der Waals surface area contributed by atoms with Crippen molar-refractivity contribution in [2.24, 2.45) is 12.1 Å². The van der Waals surface area contributed by atoms with Crippen molar-refractivity contribution < 1.29 is 0 Å². The van der Waals surface area contributed by atoms with Gasteiger partial charge >= 0.3 is 0 Å². The summed E-state index contributed by atoms with van der Waals surface area (Å²) < 4.78 is 1.63. The van der Waals surface area contributed by atoms with Crippen LogP contribution in [0, 0.1) is 6.92 Å². The summed E-state index contributed by atoms with van der Waals surface area (Å²) in [6.45, 7) is 1.90. The van der Waals surface area contributed by atoms with Gasteiger partial charge in [-0.1, -0.05) is 29.8 Å². The number of hydrazone groups is 1. The Hall–Kier alpha value is -1.81. The molecular formula is C12H13ClN4. The van der Waals surface area contributed by atoms with Crippen LogP contribution in [-0.2, 0) is 7.05 Å². The van der Waals surface area contributed by atoms with Crippen molar-refractivity contribution in [3.05, 3.63) is 46.7 Å². The molecule has 0 saturated heterocycles. The maximum Gasteiger partial charge on any atom is 0.135 e. The summed E-state index contributed by atoms with van der Waals surface area (Å²) >= 11 is 6.08. The van der Waals surface area contributed by atoms with Crippen molar-refractivity contribution in [2.75, 3.05) is 5.43 Å². The molecule has 17 heavy (non-hydrogen) atoms. The highest BCUT2D eigenvalue weighted by Crippen LogP contribution is 2.16. The second kappa shape index (κ2) is 5.01. The highest BCUT2D eigenvalue weighted by molar-refractivity contribution is 6.32. The molecule has 1 aromatic carbocycles. The number of aromatic nitrogens is 2. The molecule has 5 heteroatoms. The van der Waals surface area contributed by atoms with E-state index < -0.39 is 0 Å². The van der Waals surface area contributed by atoms with E-state index in [1.807, 2.05) is 37.3 Å². The fraction of sp³-hybridized carbons (Fsp3) is 0.167. The van der Waals surface area contributed by atoms with E-state index in [0.29, 0.717) is 5.15 Å². The molecule has 0 saturated carbocycles. The average molecular weight is 249 g/mol. The molecule has 0 radical (unpaired) electrons. The van der Waals surface area contributed by atoms with Crippen LogP contribution in [0.25, 0.3) is 0 Å². The van der Waals surface area contributed by atoms with E-state index in [4.69, 9.17) is 11.6 Å². The van der Waals surface area contributed by atoms with Crippen molar-refractivity contribution in [1.29, 1.82) is 0 Å². The largest absolute Gasteiger partial charge is 0.279 e. The Morgan fingerprint density at radius 2 is 2.06 bits per heavy atom. The summed E-state index contributed by atoms with van der Waals surface area (Å²) in [6.07, 6.45) is 1.68. The van der Waals surface area contributed by atoms with E-state index >= 15 is 0 Å². The highest BCUT2D eigenvalue weighted by atomic mass is 35.5. The Morgan fingerprint density at radius 3 is 2.65 bits per heavy atom. The molecule has 0 aliphatic heterocycles. The standard InChI is InChI=1S/C12H13ClN4/c1-9-11(12(13)17(2)16-9)8-14-15-10-6-4-3-5-7-10/h3-8,15H,1-2H3. The quantitative estimate of drug-likeness (QED) is 0.670. The van der Waals surface area contributed by atoms with Gasteiger partial charge in [-0.25, -0.2) is 0 Å². The van der Waals surface area contributed by atoms with Crippen LogP contribution in [-0.4, -0.2) is 16.0 Å². The van der Waals surface area contributed by atoms with Crippen molar-refractivity contribution in [3.63, 3.8) is 0 Å². The van der Waals surface area contributed by atoms with Crippen molar-refractivity contribution in [2.45, 2.75) is 6.92 Å². The van der Waals surface area contributed by atoms with Gasteiger partial charge in [0.1, 0.15) is 5.15 Å². The second-order valence-electron chi connectivity index (χ2n) is 3.65. The molecule has 0 unspecified atom stereocenters. The fourth-order valence-corrected chi connectivity index (χ4v) is 1.70. The number of nitrogens with one attached hydrogen (secondary N) is 1. The molecule has 0 fully saturated rings. The molecule has 4 nitrogen and oxygen atoms in total. The summed E-state index contributed by atoms with van der Waals surface area (Å²) in [5.41, 5.74) is 5.55. The first-order valence-electron chi connectivity index (χ1n) is 5.21. The molecule has 0 spiro atoms. The van der Waals surface area contributed by atoms with E-state index in [9.17, 15) is 0 Å². The number of hydrogen-bond acceptors (Lipinski definition) is 3. The number of benzene rings is 1. The zero-order valence-corrected chi connectivity index (χ0v) is 10.4. The first-order chi connectivity index (χ1) is 8.18. The van der Waals surface area contributed by atoms with Crippen LogP contribution in [0.15, 0.2) is 35.4 Å². The van der Waals surface area contributed by atoms with Gasteiger partial charge in [-0.05, 0) is 19.1 Å². The summed E-state index contributed by atoms with van der Waals surface area (Å²) in [6, 6.07) is 9.72. The molecule has 1 heterocycles. The first kappa shape index (κ1) is 11.7. The molecule has 2 rings (SSSR count). The van der Waals surface area contributed by atoms with Crippen LogP contribution in [0.1, 0.15) is 11.3 Å². The monoisotopic (exact) mass is 248 g/mol. The third kappa shape index (κ3) is 2.65. The Morgan fingerprint density at radius 1 is 1.35 bits per heavy atom. The zero-order chi connectivity index (χ0) is 12.3. The minimum absolute atomic E-state index is 0.584. The van der Waals surface area contributed by atoms with Gasteiger partial charge in [-0.3, -0.25) is 10.1 Å². The molecule has 0 bridgehead atoms. The Bertz CT molecular complexity index is 531. The predicted octanol–water partition coefficient (Wildman–Crippen LogP) is 2.83. The van der Waals surface area contributed by atoms with Crippen LogP contribution >= 0.6 is 11.6 Å². The second-order valence-corrected chi connectivity index (χ2v) is 4.01. The lowest BCUT2D eigenvalue weighted by Crippen LogP contribution is -1.91. The number of para-hydroxylation sites is 1. The van der Waals surface area contributed by atoms with Gasteiger partial charge in [0.05, 0.1) is 23.2 Å². The minimum atomic E-state index is 0.584. The molecule has 1 aromatic heterocycles. The molecule has 0 aliphatic carbocycles. The third-order valence-electron chi connectivity index (χ3n) is 2.36. The molecule has 0 amide bonds. The van der Waals surface area contributed by atoms with Crippen LogP contribution in [0.2, 0.25) is 5.15 Å². The summed E-state index contributed by atoms with van der Waals surface area (Å²) in [5, 5.41) is 8.92. The van der Waals surface area contributed by atoms with Gasteiger partial charge in [0.15, 0.2) is 0 Å². The van der Waals surface area contributed by atoms with E-state index in [-0.39, 0.29) is 0 Å². The summed E-state index contributed by atoms with van der Waals surface area (Å²) in [7, 11) is 1.80. The van der Waals surface area contributed by atoms with E-state index in [2.05, 4.69) is 15.6 Å². The molecule has 1 N–H and O–H groups in total. The smallest absolute Gasteiger partial charge is 0.135 e. The average Bonchev–Trinajstić information content (AvgIpc) is 2.57. The first-order valence-corrected chi connectivity index (χ1v) is 5.59. The van der Waals surface area contributed by atoms with Crippen molar-refractivity contribution >= 4 is 23.5 Å². The van der Waals surface area contributed by atoms with Crippen LogP contribution in [0.5, 0.6) is 0 Å². The van der Waals surface area contributed by atoms with Gasteiger partial charge in [0.2, 0.25) is 0 Å². The Labute approximate surface area is 105 Å². The number of anilines is 1. The molecule has 88 valence electrons. The van der Waals surface area contributed by atoms with Gasteiger partial charge in [-0.15, -0.1) is 0 Å². The van der Waals surface area contributed by atoms with Crippen LogP contribution in [0.4, 0.5) is 5.69 Å². The predicted molar refractivity (Wildman–Crippen MR) is 70.6 cm³/mol. The SMILES string of the molecule is Cc1nn(C)c(Cl)c1C=NNc1ccccc1. The van der Waals surface area contributed by atoms with Gasteiger partial charge in [0.25, 0.3) is 0 Å². The normalized spacial score (nSPS) is 11.0. The zero-order valence-electron chi connectivity index (χ0n) is 9.68. The third-order valence-corrected chi connectivity index (χ3v) is 2.81. The number of nitrogens with zero attached hydrogens (tertiary/aromatic N) is 3. The van der Waals surface area contributed by atoms with Crippen molar-refractivity contribution in [1.82, 2.24) is 9.78 Å². The Kier molecular flexibility index (Phi) is 3.44. The Balaban J connectivity index is 2.11. The van der Waals surface area contributed by atoms with E-state index in [1.54, 1.807) is 17.9 Å². The van der Waals surface area contributed by atoms with Gasteiger partial charge < -0.3 is 0 Å². The fourth-order valence-electron chi connectivity index (χ4n) is 1.48. The van der Waals surface area contributed by atoms with E-state index in [1.165, 1.54) is 0 Å². The van der Waals surface area contributed by atoms with Crippen molar-refractivity contribution in [3.8, 4) is 0 Å².